The normalized spacial score (nSPS) is 11.4. The van der Waals surface area contributed by atoms with Crippen LogP contribution >= 0.6 is 11.6 Å². The smallest absolute Gasteiger partial charge is 0.422 e. The number of nitrogens with zero attached hydrogens (tertiary/aromatic N) is 2. The third-order valence-corrected chi connectivity index (χ3v) is 1.81. The van der Waals surface area contributed by atoms with Crippen molar-refractivity contribution in [2.24, 2.45) is 7.05 Å². The lowest BCUT2D eigenvalue weighted by Crippen LogP contribution is -2.20. The molecule has 1 N–H and O–H groups in total. The van der Waals surface area contributed by atoms with Crippen LogP contribution < -0.4 is 10.1 Å². The van der Waals surface area contributed by atoms with Crippen molar-refractivity contribution < 1.29 is 22.7 Å². The number of nitrogens with one attached hydrogen (secondary N) is 1. The molecule has 0 saturated carbocycles. The third kappa shape index (κ3) is 4.51. The van der Waals surface area contributed by atoms with Gasteiger partial charge in [-0.15, -0.1) is 16.7 Å². The fraction of sp³-hybridized carbons (Fsp3) is 0.500. The molecule has 5 nitrogen and oxygen atoms in total. The average Bonchev–Trinajstić information content (AvgIpc) is 2.54. The van der Waals surface area contributed by atoms with Crippen LogP contribution in [0.25, 0.3) is 0 Å². The number of ether oxygens (including phenoxy) is 1. The lowest BCUT2D eigenvalue weighted by Gasteiger charge is -2.08. The van der Waals surface area contributed by atoms with E-state index in [1.165, 1.54) is 17.9 Å². The Morgan fingerprint density at radius 1 is 1.65 bits per heavy atom. The molecule has 1 heterocycles. The molecular weight excluding hydrogens is 263 g/mol. The second kappa shape index (κ2) is 5.26. The Hall–Kier alpha value is -1.44. The Balaban J connectivity index is 2.74. The van der Waals surface area contributed by atoms with Gasteiger partial charge in [-0.25, -0.2) is 0 Å². The SMILES string of the molecule is Cn1cc(NC(=O)CCl)c(OCC(F)(F)F)n1. The van der Waals surface area contributed by atoms with Gasteiger partial charge < -0.3 is 10.1 Å². The minimum Gasteiger partial charge on any atom is -0.465 e. The zero-order chi connectivity index (χ0) is 13.1. The number of carbonyl (C=O) groups is 1. The predicted octanol–water partition coefficient (Wildman–Crippen LogP) is 1.54. The molecule has 96 valence electrons. The summed E-state index contributed by atoms with van der Waals surface area (Å²) in [6.45, 7) is -1.48. The Morgan fingerprint density at radius 2 is 2.29 bits per heavy atom. The van der Waals surface area contributed by atoms with Crippen LogP contribution in [0.4, 0.5) is 18.9 Å². The number of aryl methyl sites for hydroxylation is 1. The third-order valence-electron chi connectivity index (χ3n) is 1.56. The van der Waals surface area contributed by atoms with Crippen molar-refractivity contribution in [3.8, 4) is 5.88 Å². The van der Waals surface area contributed by atoms with E-state index in [2.05, 4.69) is 15.2 Å². The highest BCUT2D eigenvalue weighted by Crippen LogP contribution is 2.24. The zero-order valence-corrected chi connectivity index (χ0v) is 9.47. The number of hydrogen-bond acceptors (Lipinski definition) is 3. The molecule has 0 bridgehead atoms. The van der Waals surface area contributed by atoms with Gasteiger partial charge in [-0.1, -0.05) is 0 Å². The lowest BCUT2D eigenvalue weighted by atomic mass is 10.5. The van der Waals surface area contributed by atoms with Crippen molar-refractivity contribution >= 4 is 23.2 Å². The van der Waals surface area contributed by atoms with Crippen molar-refractivity contribution in [2.45, 2.75) is 6.18 Å². The first-order valence-corrected chi connectivity index (χ1v) is 4.94. The summed E-state index contributed by atoms with van der Waals surface area (Å²) in [6, 6.07) is 0. The number of amides is 1. The van der Waals surface area contributed by atoms with E-state index < -0.39 is 18.7 Å². The summed E-state index contributed by atoms with van der Waals surface area (Å²) >= 11 is 5.25. The molecule has 0 aliphatic rings. The summed E-state index contributed by atoms with van der Waals surface area (Å²) in [6.07, 6.45) is -3.15. The Kier molecular flexibility index (Phi) is 4.22. The molecule has 1 aromatic rings. The van der Waals surface area contributed by atoms with Crippen molar-refractivity contribution in [1.29, 1.82) is 0 Å². The van der Waals surface area contributed by atoms with E-state index in [0.29, 0.717) is 0 Å². The number of carbonyl (C=O) groups excluding carboxylic acids is 1. The molecule has 1 aromatic heterocycles. The highest BCUT2D eigenvalue weighted by Gasteiger charge is 2.29. The number of aromatic nitrogens is 2. The first-order valence-electron chi connectivity index (χ1n) is 4.41. The van der Waals surface area contributed by atoms with Crippen molar-refractivity contribution in [3.63, 3.8) is 0 Å². The minimum absolute atomic E-state index is 0.0439. The molecule has 0 aromatic carbocycles. The fourth-order valence-corrected chi connectivity index (χ4v) is 1.06. The predicted molar refractivity (Wildman–Crippen MR) is 54.1 cm³/mol. The molecule has 0 radical (unpaired) electrons. The van der Waals surface area contributed by atoms with E-state index >= 15 is 0 Å². The quantitative estimate of drug-likeness (QED) is 0.845. The molecule has 9 heteroatoms. The summed E-state index contributed by atoms with van der Waals surface area (Å²) in [7, 11) is 1.48. The maximum Gasteiger partial charge on any atom is 0.422 e. The Morgan fingerprint density at radius 3 is 2.82 bits per heavy atom. The maximum absolute atomic E-state index is 11.9. The van der Waals surface area contributed by atoms with Crippen LogP contribution in [0.3, 0.4) is 0 Å². The van der Waals surface area contributed by atoms with E-state index in [9.17, 15) is 18.0 Å². The summed E-state index contributed by atoms with van der Waals surface area (Å²) in [5.41, 5.74) is 0.0439. The Bertz CT molecular complexity index is 405. The highest BCUT2D eigenvalue weighted by atomic mass is 35.5. The molecule has 1 amide bonds. The van der Waals surface area contributed by atoms with Crippen LogP contribution in [0.2, 0.25) is 0 Å². The average molecular weight is 272 g/mol. The molecular formula is C8H9ClF3N3O2. The van der Waals surface area contributed by atoms with Gasteiger partial charge in [0.15, 0.2) is 6.61 Å². The van der Waals surface area contributed by atoms with Gasteiger partial charge in [-0.05, 0) is 0 Å². The van der Waals surface area contributed by atoms with E-state index in [0.717, 1.165) is 0 Å². The summed E-state index contributed by atoms with van der Waals surface area (Å²) in [4.78, 5) is 11.0. The van der Waals surface area contributed by atoms with Crippen molar-refractivity contribution in [1.82, 2.24) is 9.78 Å². The minimum atomic E-state index is -4.47. The lowest BCUT2D eigenvalue weighted by molar-refractivity contribution is -0.154. The van der Waals surface area contributed by atoms with Crippen molar-refractivity contribution in [3.05, 3.63) is 6.20 Å². The molecule has 17 heavy (non-hydrogen) atoms. The van der Waals surface area contributed by atoms with E-state index in [-0.39, 0.29) is 17.4 Å². The highest BCUT2D eigenvalue weighted by molar-refractivity contribution is 6.29. The van der Waals surface area contributed by atoms with Crippen LogP contribution in [0.1, 0.15) is 0 Å². The van der Waals surface area contributed by atoms with Gasteiger partial charge in [-0.2, -0.15) is 13.2 Å². The van der Waals surface area contributed by atoms with Crippen LogP contribution in [0.5, 0.6) is 5.88 Å². The molecule has 0 spiro atoms. The first-order chi connectivity index (χ1) is 7.81. The molecule has 0 fully saturated rings. The van der Waals surface area contributed by atoms with Crippen LogP contribution in [0, 0.1) is 0 Å². The van der Waals surface area contributed by atoms with Gasteiger partial charge in [-0.3, -0.25) is 9.48 Å². The van der Waals surface area contributed by atoms with Gasteiger partial charge in [0.25, 0.3) is 5.88 Å². The molecule has 0 aliphatic heterocycles. The Labute approximate surface area is 99.5 Å². The molecule has 0 atom stereocenters. The fourth-order valence-electron chi connectivity index (χ4n) is 0.994. The number of halogens is 4. The first kappa shape index (κ1) is 13.6. The standard InChI is InChI=1S/C8H9ClF3N3O2/c1-15-3-5(13-6(16)2-9)7(14-15)17-4-8(10,11)12/h3H,2,4H2,1H3,(H,13,16). The van der Waals surface area contributed by atoms with Gasteiger partial charge in [0.2, 0.25) is 5.91 Å². The summed E-state index contributed by atoms with van der Waals surface area (Å²) < 4.78 is 41.5. The molecule has 0 saturated heterocycles. The number of anilines is 1. The van der Waals surface area contributed by atoms with Gasteiger partial charge in [0, 0.05) is 7.05 Å². The van der Waals surface area contributed by atoms with Gasteiger partial charge >= 0.3 is 6.18 Å². The summed E-state index contributed by atoms with van der Waals surface area (Å²) in [5, 5.41) is 5.91. The molecule has 0 aliphatic carbocycles. The van der Waals surface area contributed by atoms with Crippen LogP contribution in [-0.2, 0) is 11.8 Å². The van der Waals surface area contributed by atoms with Gasteiger partial charge in [0.1, 0.15) is 11.6 Å². The van der Waals surface area contributed by atoms with E-state index in [1.807, 2.05) is 0 Å². The number of rotatable bonds is 4. The second-order valence-corrected chi connectivity index (χ2v) is 3.37. The van der Waals surface area contributed by atoms with Crippen LogP contribution in [-0.4, -0.2) is 34.4 Å². The maximum atomic E-state index is 11.9. The second-order valence-electron chi connectivity index (χ2n) is 3.11. The van der Waals surface area contributed by atoms with Crippen molar-refractivity contribution in [2.75, 3.05) is 17.8 Å². The zero-order valence-electron chi connectivity index (χ0n) is 8.71. The largest absolute Gasteiger partial charge is 0.465 e. The van der Waals surface area contributed by atoms with E-state index in [4.69, 9.17) is 11.6 Å². The van der Waals surface area contributed by atoms with Crippen LogP contribution in [0.15, 0.2) is 6.20 Å². The van der Waals surface area contributed by atoms with Gasteiger partial charge in [0.05, 0.1) is 6.20 Å². The number of hydrogen-bond donors (Lipinski definition) is 1. The monoisotopic (exact) mass is 271 g/mol. The summed E-state index contributed by atoms with van der Waals surface area (Å²) in [5.74, 6) is -1.17. The topological polar surface area (TPSA) is 56.2 Å². The number of alkyl halides is 4. The van der Waals surface area contributed by atoms with E-state index in [1.54, 1.807) is 0 Å². The molecule has 0 unspecified atom stereocenters. The molecule has 1 rings (SSSR count).